The van der Waals surface area contributed by atoms with Crippen LogP contribution in [0.25, 0.3) is 0 Å². The smallest absolute Gasteiger partial charge is 0.220 e. The standard InChI is InChI=1S/C47H89NO3/c1-3-5-7-9-11-13-14-15-16-17-18-19-20-21-22-23-24-25-26-27-28-29-30-31-32-33-35-37-39-41-43-47(51)48-45(44-49)46(50)42-40-38-36-34-12-10-8-6-4-2/h4,6,12,34,40,42,45-46,49-50H,3,5,7-11,13-33,35-39,41,43-44H2,1-2H3,(H,48,51)/b6-4+,34-12+,42-40+. The first-order chi connectivity index (χ1) is 25.2. The Labute approximate surface area is 319 Å². The summed E-state index contributed by atoms with van der Waals surface area (Å²) >= 11 is 0. The molecule has 0 aliphatic heterocycles. The molecule has 2 atom stereocenters. The highest BCUT2D eigenvalue weighted by atomic mass is 16.3. The SMILES string of the molecule is C/C=C/CC/C=C/CC/C=C/C(O)C(CO)NC(=O)CCCCCCCCCCCCCCCCCCCCCCCCCCCCCCCC. The van der Waals surface area contributed by atoms with Crippen molar-refractivity contribution in [1.82, 2.24) is 5.32 Å². The molecule has 0 aromatic heterocycles. The van der Waals surface area contributed by atoms with Gasteiger partial charge in [0.05, 0.1) is 18.8 Å². The number of amides is 1. The molecule has 4 heteroatoms. The second-order valence-corrected chi connectivity index (χ2v) is 15.5. The quantitative estimate of drug-likeness (QED) is 0.0436. The lowest BCUT2D eigenvalue weighted by Crippen LogP contribution is -2.45. The van der Waals surface area contributed by atoms with Crippen LogP contribution in [0.4, 0.5) is 0 Å². The minimum absolute atomic E-state index is 0.0780. The van der Waals surface area contributed by atoms with Crippen LogP contribution in [0, 0.1) is 0 Å². The fourth-order valence-electron chi connectivity index (χ4n) is 6.98. The number of nitrogens with one attached hydrogen (secondary N) is 1. The van der Waals surface area contributed by atoms with E-state index >= 15 is 0 Å². The van der Waals surface area contributed by atoms with Crippen molar-refractivity contribution in [2.75, 3.05) is 6.61 Å². The van der Waals surface area contributed by atoms with Gasteiger partial charge in [-0.3, -0.25) is 4.79 Å². The van der Waals surface area contributed by atoms with Gasteiger partial charge in [-0.05, 0) is 39.0 Å². The van der Waals surface area contributed by atoms with E-state index < -0.39 is 12.1 Å². The van der Waals surface area contributed by atoms with Gasteiger partial charge in [0, 0.05) is 6.42 Å². The summed E-state index contributed by atoms with van der Waals surface area (Å²) in [7, 11) is 0. The average molecular weight is 716 g/mol. The Balaban J connectivity index is 3.39. The monoisotopic (exact) mass is 716 g/mol. The number of hydrogen-bond donors (Lipinski definition) is 3. The lowest BCUT2D eigenvalue weighted by atomic mass is 10.0. The van der Waals surface area contributed by atoms with Gasteiger partial charge in [-0.1, -0.05) is 230 Å². The highest BCUT2D eigenvalue weighted by Gasteiger charge is 2.17. The number of unbranched alkanes of at least 4 members (excludes halogenated alkanes) is 31. The molecule has 0 radical (unpaired) electrons. The molecule has 0 saturated heterocycles. The van der Waals surface area contributed by atoms with Gasteiger partial charge in [0.25, 0.3) is 0 Å². The first-order valence-electron chi connectivity index (χ1n) is 22.7. The molecule has 51 heavy (non-hydrogen) atoms. The molecule has 0 bridgehead atoms. The Kier molecular flexibility index (Phi) is 41.8. The molecule has 300 valence electrons. The number of aliphatic hydroxyl groups is 2. The van der Waals surface area contributed by atoms with E-state index in [-0.39, 0.29) is 12.5 Å². The van der Waals surface area contributed by atoms with Crippen LogP contribution in [0.15, 0.2) is 36.5 Å². The van der Waals surface area contributed by atoms with Gasteiger partial charge >= 0.3 is 0 Å². The van der Waals surface area contributed by atoms with Gasteiger partial charge in [0.15, 0.2) is 0 Å². The first kappa shape index (κ1) is 49.6. The third-order valence-electron chi connectivity index (χ3n) is 10.4. The van der Waals surface area contributed by atoms with Crippen LogP contribution >= 0.6 is 0 Å². The van der Waals surface area contributed by atoms with Crippen molar-refractivity contribution in [3.05, 3.63) is 36.5 Å². The van der Waals surface area contributed by atoms with E-state index in [9.17, 15) is 15.0 Å². The van der Waals surface area contributed by atoms with Crippen LogP contribution in [0.3, 0.4) is 0 Å². The molecule has 0 aliphatic rings. The first-order valence-corrected chi connectivity index (χ1v) is 22.7. The summed E-state index contributed by atoms with van der Waals surface area (Å²) in [5, 5.41) is 22.8. The zero-order valence-electron chi connectivity index (χ0n) is 34.4. The largest absolute Gasteiger partial charge is 0.394 e. The van der Waals surface area contributed by atoms with E-state index in [1.165, 1.54) is 180 Å². The van der Waals surface area contributed by atoms with Gasteiger partial charge in [-0.2, -0.15) is 0 Å². The molecule has 0 aromatic carbocycles. The minimum Gasteiger partial charge on any atom is -0.394 e. The summed E-state index contributed by atoms with van der Waals surface area (Å²) in [4.78, 5) is 12.3. The Morgan fingerprint density at radius 2 is 0.804 bits per heavy atom. The summed E-state index contributed by atoms with van der Waals surface area (Å²) in [6.45, 7) is 4.07. The van der Waals surface area contributed by atoms with Crippen LogP contribution in [0.1, 0.15) is 239 Å². The van der Waals surface area contributed by atoms with Crippen LogP contribution < -0.4 is 5.32 Å². The Hall–Kier alpha value is -1.39. The molecule has 0 aliphatic carbocycles. The average Bonchev–Trinajstić information content (AvgIpc) is 3.13. The fraction of sp³-hybridized carbons (Fsp3) is 0.851. The van der Waals surface area contributed by atoms with E-state index in [0.717, 1.165) is 38.5 Å². The Morgan fingerprint density at radius 1 is 0.490 bits per heavy atom. The minimum atomic E-state index is -0.865. The number of allylic oxidation sites excluding steroid dienone is 5. The summed E-state index contributed by atoms with van der Waals surface area (Å²) in [5.41, 5.74) is 0. The summed E-state index contributed by atoms with van der Waals surface area (Å²) < 4.78 is 0. The molecule has 0 heterocycles. The Morgan fingerprint density at radius 3 is 1.14 bits per heavy atom. The lowest BCUT2D eigenvalue weighted by molar-refractivity contribution is -0.123. The van der Waals surface area contributed by atoms with E-state index in [1.54, 1.807) is 6.08 Å². The topological polar surface area (TPSA) is 69.6 Å². The van der Waals surface area contributed by atoms with Crippen molar-refractivity contribution < 1.29 is 15.0 Å². The van der Waals surface area contributed by atoms with Gasteiger partial charge in [-0.25, -0.2) is 0 Å². The zero-order valence-corrected chi connectivity index (χ0v) is 34.4. The van der Waals surface area contributed by atoms with E-state index in [4.69, 9.17) is 0 Å². The molecular formula is C47H89NO3. The number of carbonyl (C=O) groups excluding carboxylic acids is 1. The van der Waals surface area contributed by atoms with E-state index in [0.29, 0.717) is 6.42 Å². The van der Waals surface area contributed by atoms with E-state index in [1.807, 2.05) is 13.0 Å². The second kappa shape index (κ2) is 43.0. The van der Waals surface area contributed by atoms with Crippen molar-refractivity contribution in [3.8, 4) is 0 Å². The summed E-state index contributed by atoms with van der Waals surface area (Å²) in [6.07, 6.45) is 57.3. The number of hydrogen-bond acceptors (Lipinski definition) is 3. The molecule has 0 aromatic rings. The van der Waals surface area contributed by atoms with Crippen molar-refractivity contribution in [3.63, 3.8) is 0 Å². The fourth-order valence-corrected chi connectivity index (χ4v) is 6.98. The highest BCUT2D eigenvalue weighted by Crippen LogP contribution is 2.17. The van der Waals surface area contributed by atoms with Gasteiger partial charge in [0.2, 0.25) is 5.91 Å². The van der Waals surface area contributed by atoms with Gasteiger partial charge in [-0.15, -0.1) is 0 Å². The molecule has 1 amide bonds. The molecule has 0 spiro atoms. The Bertz CT molecular complexity index is 775. The third-order valence-corrected chi connectivity index (χ3v) is 10.4. The molecule has 2 unspecified atom stereocenters. The summed E-state index contributed by atoms with van der Waals surface area (Å²) in [5.74, 6) is -0.0780. The molecule has 0 rings (SSSR count). The third kappa shape index (κ3) is 39.6. The van der Waals surface area contributed by atoms with E-state index in [2.05, 4.69) is 36.5 Å². The molecule has 3 N–H and O–H groups in total. The second-order valence-electron chi connectivity index (χ2n) is 15.5. The number of carbonyl (C=O) groups is 1. The van der Waals surface area contributed by atoms with Crippen LogP contribution in [-0.2, 0) is 4.79 Å². The van der Waals surface area contributed by atoms with Crippen molar-refractivity contribution in [2.24, 2.45) is 0 Å². The molecule has 4 nitrogen and oxygen atoms in total. The van der Waals surface area contributed by atoms with Crippen LogP contribution in [0.5, 0.6) is 0 Å². The number of aliphatic hydroxyl groups excluding tert-OH is 2. The highest BCUT2D eigenvalue weighted by molar-refractivity contribution is 5.76. The summed E-state index contributed by atoms with van der Waals surface area (Å²) in [6, 6.07) is -0.640. The van der Waals surface area contributed by atoms with Crippen molar-refractivity contribution >= 4 is 5.91 Å². The maximum Gasteiger partial charge on any atom is 0.220 e. The van der Waals surface area contributed by atoms with Crippen LogP contribution in [0.2, 0.25) is 0 Å². The zero-order chi connectivity index (χ0) is 37.1. The van der Waals surface area contributed by atoms with Gasteiger partial charge < -0.3 is 15.5 Å². The molecular weight excluding hydrogens is 627 g/mol. The molecule has 0 saturated carbocycles. The maximum atomic E-state index is 12.3. The van der Waals surface area contributed by atoms with Crippen molar-refractivity contribution in [1.29, 1.82) is 0 Å². The lowest BCUT2D eigenvalue weighted by Gasteiger charge is -2.19. The van der Waals surface area contributed by atoms with Gasteiger partial charge in [0.1, 0.15) is 0 Å². The normalized spacial score (nSPS) is 13.3. The predicted octanol–water partition coefficient (Wildman–Crippen LogP) is 14.2. The number of rotatable bonds is 41. The van der Waals surface area contributed by atoms with Crippen molar-refractivity contribution in [2.45, 2.75) is 251 Å². The maximum absolute atomic E-state index is 12.3. The van der Waals surface area contributed by atoms with Crippen LogP contribution in [-0.4, -0.2) is 34.9 Å². The predicted molar refractivity (Wildman–Crippen MR) is 225 cm³/mol. The molecule has 0 fully saturated rings.